The lowest BCUT2D eigenvalue weighted by Crippen LogP contribution is -2.17. The zero-order valence-corrected chi connectivity index (χ0v) is 18.8. The predicted molar refractivity (Wildman–Crippen MR) is 124 cm³/mol. The van der Waals surface area contributed by atoms with Gasteiger partial charge in [-0.15, -0.1) is 0 Å². The molecule has 0 aliphatic carbocycles. The van der Waals surface area contributed by atoms with Gasteiger partial charge < -0.3 is 4.74 Å². The zero-order chi connectivity index (χ0) is 21.0. The average Bonchev–Trinajstić information content (AvgIpc) is 2.73. The topological polar surface area (TPSA) is 50.7 Å². The third-order valence-corrected chi connectivity index (χ3v) is 5.12. The normalized spacial score (nSPS) is 11.1. The zero-order valence-electron chi connectivity index (χ0n) is 18.8. The summed E-state index contributed by atoms with van der Waals surface area (Å²) in [5.41, 5.74) is 3.49. The number of hydrogen-bond donors (Lipinski definition) is 1. The number of nitrogens with one attached hydrogen (secondary N) is 1. The number of hydrazone groups is 1. The highest BCUT2D eigenvalue weighted by atomic mass is 16.5. The van der Waals surface area contributed by atoms with Crippen LogP contribution in [0.1, 0.15) is 109 Å². The average molecular weight is 403 g/mol. The first-order valence-electron chi connectivity index (χ1n) is 11.8. The van der Waals surface area contributed by atoms with Gasteiger partial charge in [0.25, 0.3) is 0 Å². The van der Waals surface area contributed by atoms with Gasteiger partial charge in [0.15, 0.2) is 0 Å². The molecule has 0 atom stereocenters. The summed E-state index contributed by atoms with van der Waals surface area (Å²) in [6.45, 7) is 4.83. The summed E-state index contributed by atoms with van der Waals surface area (Å²) in [5, 5.41) is 4.06. The molecule has 4 nitrogen and oxygen atoms in total. The highest BCUT2D eigenvalue weighted by Crippen LogP contribution is 2.15. The third kappa shape index (κ3) is 13.9. The summed E-state index contributed by atoms with van der Waals surface area (Å²) in [4.78, 5) is 11.9. The number of para-hydroxylation sites is 1. The molecular formula is C25H42N2O2. The Morgan fingerprint density at radius 3 is 2.00 bits per heavy atom. The molecule has 0 unspecified atom stereocenters. The van der Waals surface area contributed by atoms with E-state index in [2.05, 4.69) is 17.5 Å². The number of unbranched alkanes of at least 4 members (excludes halogenated alkanes) is 12. The molecule has 0 heterocycles. The molecule has 0 spiro atoms. The van der Waals surface area contributed by atoms with Crippen molar-refractivity contribution in [3.05, 3.63) is 29.8 Å². The first-order valence-corrected chi connectivity index (χ1v) is 11.8. The number of ether oxygens (including phenoxy) is 1. The molecule has 0 saturated heterocycles. The summed E-state index contributed by atoms with van der Waals surface area (Å²) < 4.78 is 5.54. The fourth-order valence-corrected chi connectivity index (χ4v) is 3.41. The molecule has 0 fully saturated rings. The van der Waals surface area contributed by atoms with Crippen molar-refractivity contribution in [2.75, 3.05) is 6.61 Å². The van der Waals surface area contributed by atoms with Crippen LogP contribution in [0.2, 0.25) is 0 Å². The SMILES string of the molecule is CCCCCCCCCCCCCCCC(=O)N/N=C\c1ccccc1OCC. The lowest BCUT2D eigenvalue weighted by atomic mass is 10.0. The van der Waals surface area contributed by atoms with Crippen LogP contribution in [0.3, 0.4) is 0 Å². The van der Waals surface area contributed by atoms with Crippen molar-refractivity contribution in [3.8, 4) is 5.75 Å². The Morgan fingerprint density at radius 1 is 0.862 bits per heavy atom. The van der Waals surface area contributed by atoms with Crippen LogP contribution in [-0.4, -0.2) is 18.7 Å². The fraction of sp³-hybridized carbons (Fsp3) is 0.680. The standard InChI is InChI=1S/C25H42N2O2/c1-3-5-6-7-8-9-10-11-12-13-14-15-16-21-25(28)27-26-22-23-19-17-18-20-24(23)29-4-2/h17-20,22H,3-16,21H2,1-2H3,(H,27,28)/b26-22-. The summed E-state index contributed by atoms with van der Waals surface area (Å²) in [6.07, 6.45) is 19.2. The summed E-state index contributed by atoms with van der Waals surface area (Å²) in [6, 6.07) is 7.68. The summed E-state index contributed by atoms with van der Waals surface area (Å²) >= 11 is 0. The highest BCUT2D eigenvalue weighted by Gasteiger charge is 2.01. The second-order valence-electron chi connectivity index (χ2n) is 7.76. The summed E-state index contributed by atoms with van der Waals surface area (Å²) in [5.74, 6) is 0.766. The first-order chi connectivity index (χ1) is 14.3. The fourth-order valence-electron chi connectivity index (χ4n) is 3.41. The lowest BCUT2D eigenvalue weighted by molar-refractivity contribution is -0.121. The van der Waals surface area contributed by atoms with Crippen LogP contribution in [0, 0.1) is 0 Å². The maximum atomic E-state index is 11.9. The van der Waals surface area contributed by atoms with Crippen LogP contribution >= 0.6 is 0 Å². The quantitative estimate of drug-likeness (QED) is 0.163. The van der Waals surface area contributed by atoms with Gasteiger partial charge in [0.2, 0.25) is 5.91 Å². The molecule has 0 aliphatic rings. The molecule has 1 aromatic rings. The Hall–Kier alpha value is -1.84. The van der Waals surface area contributed by atoms with E-state index in [-0.39, 0.29) is 5.91 Å². The van der Waals surface area contributed by atoms with E-state index in [0.717, 1.165) is 24.2 Å². The van der Waals surface area contributed by atoms with E-state index in [1.807, 2.05) is 31.2 Å². The van der Waals surface area contributed by atoms with Gasteiger partial charge in [-0.25, -0.2) is 5.43 Å². The molecule has 0 saturated carbocycles. The maximum Gasteiger partial charge on any atom is 0.240 e. The first kappa shape index (κ1) is 25.2. The smallest absolute Gasteiger partial charge is 0.240 e. The molecule has 1 amide bonds. The largest absolute Gasteiger partial charge is 0.493 e. The van der Waals surface area contributed by atoms with E-state index in [0.29, 0.717) is 13.0 Å². The van der Waals surface area contributed by atoms with Crippen LogP contribution in [0.4, 0.5) is 0 Å². The van der Waals surface area contributed by atoms with E-state index in [4.69, 9.17) is 4.74 Å². The van der Waals surface area contributed by atoms with E-state index >= 15 is 0 Å². The van der Waals surface area contributed by atoms with Gasteiger partial charge in [0.1, 0.15) is 5.75 Å². The van der Waals surface area contributed by atoms with Crippen LogP contribution < -0.4 is 10.2 Å². The molecule has 0 bridgehead atoms. The Balaban J connectivity index is 1.97. The van der Waals surface area contributed by atoms with Crippen molar-refractivity contribution >= 4 is 12.1 Å². The van der Waals surface area contributed by atoms with Gasteiger partial charge in [-0.2, -0.15) is 5.10 Å². The predicted octanol–water partition coefficient (Wildman–Crippen LogP) is 7.02. The number of hydrogen-bond acceptors (Lipinski definition) is 3. The van der Waals surface area contributed by atoms with E-state index in [1.54, 1.807) is 6.21 Å². The van der Waals surface area contributed by atoms with E-state index in [9.17, 15) is 4.79 Å². The van der Waals surface area contributed by atoms with Gasteiger partial charge in [-0.1, -0.05) is 96.1 Å². The van der Waals surface area contributed by atoms with Crippen molar-refractivity contribution in [2.45, 2.75) is 104 Å². The Bertz CT molecular complexity index is 558. The molecule has 1 N–H and O–H groups in total. The number of carbonyl (C=O) groups is 1. The minimum atomic E-state index is -0.0155. The molecule has 1 aromatic carbocycles. The monoisotopic (exact) mass is 402 g/mol. The van der Waals surface area contributed by atoms with Crippen LogP contribution in [-0.2, 0) is 4.79 Å². The molecule has 0 aromatic heterocycles. The molecular weight excluding hydrogens is 360 g/mol. The molecule has 0 aliphatic heterocycles. The van der Waals surface area contributed by atoms with Gasteiger partial charge in [-0.3, -0.25) is 4.79 Å². The van der Waals surface area contributed by atoms with Gasteiger partial charge in [0.05, 0.1) is 12.8 Å². The third-order valence-electron chi connectivity index (χ3n) is 5.12. The van der Waals surface area contributed by atoms with Gasteiger partial charge in [0, 0.05) is 12.0 Å². The number of rotatable bonds is 18. The Labute approximate surface area is 178 Å². The minimum absolute atomic E-state index is 0.0155. The Kier molecular flexibility index (Phi) is 15.8. The minimum Gasteiger partial charge on any atom is -0.493 e. The summed E-state index contributed by atoms with van der Waals surface area (Å²) in [7, 11) is 0. The van der Waals surface area contributed by atoms with E-state index in [1.165, 1.54) is 70.6 Å². The lowest BCUT2D eigenvalue weighted by Gasteiger charge is -2.06. The second-order valence-corrected chi connectivity index (χ2v) is 7.76. The number of amides is 1. The molecule has 4 heteroatoms. The Morgan fingerprint density at radius 2 is 1.41 bits per heavy atom. The number of nitrogens with zero attached hydrogens (tertiary/aromatic N) is 1. The van der Waals surface area contributed by atoms with Crippen molar-refractivity contribution in [1.29, 1.82) is 0 Å². The number of carbonyl (C=O) groups excluding carboxylic acids is 1. The maximum absolute atomic E-state index is 11.9. The molecule has 0 radical (unpaired) electrons. The van der Waals surface area contributed by atoms with Crippen LogP contribution in [0.5, 0.6) is 5.75 Å². The van der Waals surface area contributed by atoms with Crippen molar-refractivity contribution in [3.63, 3.8) is 0 Å². The molecule has 164 valence electrons. The highest BCUT2D eigenvalue weighted by molar-refractivity contribution is 5.85. The van der Waals surface area contributed by atoms with Crippen molar-refractivity contribution in [1.82, 2.24) is 5.43 Å². The molecule has 1 rings (SSSR count). The molecule has 29 heavy (non-hydrogen) atoms. The van der Waals surface area contributed by atoms with Crippen LogP contribution in [0.15, 0.2) is 29.4 Å². The van der Waals surface area contributed by atoms with Crippen molar-refractivity contribution < 1.29 is 9.53 Å². The van der Waals surface area contributed by atoms with Crippen LogP contribution in [0.25, 0.3) is 0 Å². The van der Waals surface area contributed by atoms with Crippen molar-refractivity contribution in [2.24, 2.45) is 5.10 Å². The van der Waals surface area contributed by atoms with Gasteiger partial charge >= 0.3 is 0 Å². The van der Waals surface area contributed by atoms with E-state index < -0.39 is 0 Å². The van der Waals surface area contributed by atoms with Gasteiger partial charge in [-0.05, 0) is 25.5 Å². The second kappa shape index (κ2) is 18.2. The number of benzene rings is 1.